The molecule has 0 atom stereocenters. The predicted molar refractivity (Wildman–Crippen MR) is 128 cm³/mol. The summed E-state index contributed by atoms with van der Waals surface area (Å²) in [5.41, 5.74) is 2.89. The van der Waals surface area contributed by atoms with Crippen molar-refractivity contribution in [2.75, 3.05) is 41.2 Å². The zero-order valence-electron chi connectivity index (χ0n) is 17.7. The average molecular weight is 452 g/mol. The maximum Gasteiger partial charge on any atom is 0.255 e. The molecule has 0 unspecified atom stereocenters. The van der Waals surface area contributed by atoms with Gasteiger partial charge in [-0.2, -0.15) is 4.98 Å². The molecule has 0 amide bonds. The molecule has 0 spiro atoms. The third-order valence-electron chi connectivity index (χ3n) is 4.82. The highest BCUT2D eigenvalue weighted by molar-refractivity contribution is 7.95. The Morgan fingerprint density at radius 1 is 0.969 bits per heavy atom. The molecule has 1 saturated heterocycles. The predicted octanol–water partition coefficient (Wildman–Crippen LogP) is 3.78. The molecule has 0 saturated carbocycles. The number of nitrogens with one attached hydrogen (secondary N) is 2. The number of aromatic nitrogens is 2. The number of morpholine rings is 1. The lowest BCUT2D eigenvalue weighted by Gasteiger charge is -2.28. The summed E-state index contributed by atoms with van der Waals surface area (Å²) in [6, 6.07) is 18.2. The van der Waals surface area contributed by atoms with E-state index in [2.05, 4.69) is 24.9 Å². The number of hydrogen-bond acceptors (Lipinski definition) is 7. The van der Waals surface area contributed by atoms with Crippen LogP contribution in [0.3, 0.4) is 0 Å². The number of rotatable bonds is 7. The van der Waals surface area contributed by atoms with Crippen LogP contribution in [0.5, 0.6) is 0 Å². The second-order valence-electron chi connectivity index (χ2n) is 7.35. The van der Waals surface area contributed by atoms with E-state index in [1.807, 2.05) is 43.3 Å². The Morgan fingerprint density at radius 3 is 2.38 bits per heavy atom. The van der Waals surface area contributed by atoms with Crippen molar-refractivity contribution in [1.29, 1.82) is 0 Å². The number of ether oxygens (including phenoxy) is 1. The van der Waals surface area contributed by atoms with E-state index >= 15 is 0 Å². The van der Waals surface area contributed by atoms with Gasteiger partial charge in [-0.1, -0.05) is 30.3 Å². The molecular formula is C23H25N5O3S. The highest BCUT2D eigenvalue weighted by atomic mass is 32.2. The standard InChI is InChI=1S/C23H25N5O3S/c1-18-17-22(28-12-14-31-15-13-28)26-23(24-18)25-20-7-9-21(10-8-20)27-32(29,30)16-11-19-5-3-2-4-6-19/h2-11,16-17,27H,12-15H2,1H3,(H,24,25,26)/b16-11+. The van der Waals surface area contributed by atoms with Crippen LogP contribution in [0.1, 0.15) is 11.3 Å². The first-order valence-corrected chi connectivity index (χ1v) is 11.8. The largest absolute Gasteiger partial charge is 0.378 e. The molecule has 1 fully saturated rings. The Bertz CT molecular complexity index is 1180. The number of anilines is 4. The fraction of sp³-hybridized carbons (Fsp3) is 0.217. The van der Waals surface area contributed by atoms with Crippen LogP contribution in [-0.2, 0) is 14.8 Å². The molecule has 2 heterocycles. The molecule has 8 nitrogen and oxygen atoms in total. The number of nitrogens with zero attached hydrogens (tertiary/aromatic N) is 3. The van der Waals surface area contributed by atoms with Gasteiger partial charge in [0.05, 0.1) is 18.6 Å². The van der Waals surface area contributed by atoms with Gasteiger partial charge in [0, 0.05) is 36.2 Å². The van der Waals surface area contributed by atoms with Gasteiger partial charge in [-0.3, -0.25) is 4.72 Å². The minimum atomic E-state index is -3.62. The lowest BCUT2D eigenvalue weighted by atomic mass is 10.2. The minimum Gasteiger partial charge on any atom is -0.378 e. The van der Waals surface area contributed by atoms with Crippen molar-refractivity contribution in [3.63, 3.8) is 0 Å². The Labute approximate surface area is 188 Å². The monoisotopic (exact) mass is 451 g/mol. The number of hydrogen-bond donors (Lipinski definition) is 2. The van der Waals surface area contributed by atoms with Crippen LogP contribution in [-0.4, -0.2) is 44.7 Å². The van der Waals surface area contributed by atoms with Gasteiger partial charge >= 0.3 is 0 Å². The van der Waals surface area contributed by atoms with Gasteiger partial charge in [-0.15, -0.1) is 0 Å². The number of benzene rings is 2. The molecule has 0 aliphatic carbocycles. The van der Waals surface area contributed by atoms with Crippen molar-refractivity contribution in [2.45, 2.75) is 6.92 Å². The van der Waals surface area contributed by atoms with Crippen molar-refractivity contribution in [3.05, 3.63) is 77.3 Å². The maximum atomic E-state index is 12.3. The van der Waals surface area contributed by atoms with Crippen LogP contribution in [0.15, 0.2) is 66.1 Å². The van der Waals surface area contributed by atoms with Crippen LogP contribution in [0.2, 0.25) is 0 Å². The van der Waals surface area contributed by atoms with Crippen LogP contribution in [0.25, 0.3) is 6.08 Å². The van der Waals surface area contributed by atoms with Crippen molar-refractivity contribution < 1.29 is 13.2 Å². The lowest BCUT2D eigenvalue weighted by molar-refractivity contribution is 0.122. The molecule has 2 aromatic carbocycles. The fourth-order valence-corrected chi connectivity index (χ4v) is 4.11. The molecule has 1 aromatic heterocycles. The number of sulfonamides is 1. The van der Waals surface area contributed by atoms with E-state index < -0.39 is 10.0 Å². The molecule has 4 rings (SSSR count). The topological polar surface area (TPSA) is 96.5 Å². The Kier molecular flexibility index (Phi) is 6.67. The van der Waals surface area contributed by atoms with Crippen LogP contribution >= 0.6 is 0 Å². The van der Waals surface area contributed by atoms with Crippen LogP contribution in [0.4, 0.5) is 23.1 Å². The average Bonchev–Trinajstić information content (AvgIpc) is 2.80. The van der Waals surface area contributed by atoms with Gasteiger partial charge in [0.15, 0.2) is 0 Å². The zero-order chi connectivity index (χ0) is 22.4. The molecule has 1 aliphatic rings. The molecule has 9 heteroatoms. The van der Waals surface area contributed by atoms with Gasteiger partial charge in [0.25, 0.3) is 10.0 Å². The van der Waals surface area contributed by atoms with Gasteiger partial charge in [0.1, 0.15) is 5.82 Å². The van der Waals surface area contributed by atoms with E-state index in [4.69, 9.17) is 4.74 Å². The lowest BCUT2D eigenvalue weighted by Crippen LogP contribution is -2.36. The highest BCUT2D eigenvalue weighted by Gasteiger charge is 2.14. The van der Waals surface area contributed by atoms with Crippen molar-refractivity contribution in [2.24, 2.45) is 0 Å². The first kappa shape index (κ1) is 21.8. The molecule has 3 aromatic rings. The summed E-state index contributed by atoms with van der Waals surface area (Å²) in [6.45, 7) is 4.89. The molecule has 0 radical (unpaired) electrons. The third-order valence-corrected chi connectivity index (χ3v) is 5.83. The van der Waals surface area contributed by atoms with E-state index in [1.165, 1.54) is 0 Å². The Hall–Kier alpha value is -3.43. The second kappa shape index (κ2) is 9.80. The summed E-state index contributed by atoms with van der Waals surface area (Å²) in [5.74, 6) is 1.35. The third kappa shape index (κ3) is 6.05. The van der Waals surface area contributed by atoms with Gasteiger partial charge < -0.3 is 15.0 Å². The molecule has 166 valence electrons. The van der Waals surface area contributed by atoms with Crippen molar-refractivity contribution >= 4 is 39.2 Å². The normalized spacial score (nSPS) is 14.5. The number of aryl methyl sites for hydroxylation is 1. The summed E-state index contributed by atoms with van der Waals surface area (Å²) in [6.07, 6.45) is 1.55. The maximum absolute atomic E-state index is 12.3. The van der Waals surface area contributed by atoms with Gasteiger partial charge in [-0.25, -0.2) is 13.4 Å². The Balaban J connectivity index is 1.42. The fourth-order valence-electron chi connectivity index (χ4n) is 3.24. The first-order chi connectivity index (χ1) is 15.5. The molecule has 1 aliphatic heterocycles. The molecule has 0 bridgehead atoms. The first-order valence-electron chi connectivity index (χ1n) is 10.3. The summed E-state index contributed by atoms with van der Waals surface area (Å²) in [7, 11) is -3.62. The second-order valence-corrected chi connectivity index (χ2v) is 8.92. The smallest absolute Gasteiger partial charge is 0.255 e. The quantitative estimate of drug-likeness (QED) is 0.564. The SMILES string of the molecule is Cc1cc(N2CCOCC2)nc(Nc2ccc(NS(=O)(=O)/C=C/c3ccccc3)cc2)n1. The van der Waals surface area contributed by atoms with Crippen LogP contribution in [0, 0.1) is 6.92 Å². The molecule has 2 N–H and O–H groups in total. The van der Waals surface area contributed by atoms with E-state index in [9.17, 15) is 8.42 Å². The molecule has 32 heavy (non-hydrogen) atoms. The summed E-state index contributed by atoms with van der Waals surface area (Å²) in [4.78, 5) is 11.2. The van der Waals surface area contributed by atoms with E-state index in [1.54, 1.807) is 30.3 Å². The van der Waals surface area contributed by atoms with Gasteiger partial charge in [-0.05, 0) is 42.8 Å². The summed E-state index contributed by atoms with van der Waals surface area (Å²) < 4.78 is 32.6. The minimum absolute atomic E-state index is 0.465. The van der Waals surface area contributed by atoms with Crippen LogP contribution < -0.4 is 14.9 Å². The summed E-state index contributed by atoms with van der Waals surface area (Å²) in [5, 5.41) is 4.34. The van der Waals surface area contributed by atoms with Crippen molar-refractivity contribution in [1.82, 2.24) is 9.97 Å². The van der Waals surface area contributed by atoms with E-state index in [-0.39, 0.29) is 0 Å². The zero-order valence-corrected chi connectivity index (χ0v) is 18.5. The van der Waals surface area contributed by atoms with Crippen molar-refractivity contribution in [3.8, 4) is 0 Å². The highest BCUT2D eigenvalue weighted by Crippen LogP contribution is 2.21. The summed E-state index contributed by atoms with van der Waals surface area (Å²) >= 11 is 0. The van der Waals surface area contributed by atoms with Gasteiger partial charge in [0.2, 0.25) is 5.95 Å². The Morgan fingerprint density at radius 2 is 1.66 bits per heavy atom. The van der Waals surface area contributed by atoms with E-state index in [0.29, 0.717) is 24.8 Å². The van der Waals surface area contributed by atoms with E-state index in [0.717, 1.165) is 41.3 Å². The molecular weight excluding hydrogens is 426 g/mol.